The summed E-state index contributed by atoms with van der Waals surface area (Å²) in [5.41, 5.74) is 0.788. The van der Waals surface area contributed by atoms with E-state index in [0.29, 0.717) is 11.5 Å². The molecule has 0 unspecified atom stereocenters. The molecule has 3 heterocycles. The average Bonchev–Trinajstić information content (AvgIpc) is 2.55. The molecule has 1 saturated heterocycles. The Balaban J connectivity index is 1.54. The largest absolute Gasteiger partial charge is 0.299 e. The molecule has 0 atom stereocenters. The summed E-state index contributed by atoms with van der Waals surface area (Å²) in [5, 5.41) is 0. The van der Waals surface area contributed by atoms with Gasteiger partial charge >= 0.3 is 0 Å². The van der Waals surface area contributed by atoms with Crippen molar-refractivity contribution < 1.29 is 0 Å². The fourth-order valence-corrected chi connectivity index (χ4v) is 2.91. The Kier molecular flexibility index (Phi) is 4.58. The SMILES string of the molecule is Cc1cncn(CC2CCN(Cc3ncccn3)CC2)c1=O. The van der Waals surface area contributed by atoms with Crippen LogP contribution in [0, 0.1) is 12.8 Å². The highest BCUT2D eigenvalue weighted by Gasteiger charge is 2.20. The standard InChI is InChI=1S/C16H21N5O/c1-13-9-17-12-21(16(13)22)10-14-3-7-20(8-4-14)11-15-18-5-2-6-19-15/h2,5-6,9,12,14H,3-4,7-8,10-11H2,1H3. The first kappa shape index (κ1) is 14.8. The van der Waals surface area contributed by atoms with Crippen LogP contribution >= 0.6 is 0 Å². The van der Waals surface area contributed by atoms with Gasteiger partial charge in [0.25, 0.3) is 5.56 Å². The second-order valence-electron chi connectivity index (χ2n) is 5.92. The van der Waals surface area contributed by atoms with E-state index in [1.54, 1.807) is 29.5 Å². The molecule has 0 bridgehead atoms. The van der Waals surface area contributed by atoms with Gasteiger partial charge in [0.15, 0.2) is 0 Å². The molecule has 0 N–H and O–H groups in total. The lowest BCUT2D eigenvalue weighted by Crippen LogP contribution is -2.36. The number of aromatic nitrogens is 4. The van der Waals surface area contributed by atoms with Crippen LogP contribution in [0.4, 0.5) is 0 Å². The zero-order chi connectivity index (χ0) is 15.4. The van der Waals surface area contributed by atoms with Gasteiger partial charge in [-0.3, -0.25) is 14.3 Å². The zero-order valence-corrected chi connectivity index (χ0v) is 12.9. The van der Waals surface area contributed by atoms with Crippen molar-refractivity contribution in [2.45, 2.75) is 32.9 Å². The van der Waals surface area contributed by atoms with Crippen molar-refractivity contribution in [2.24, 2.45) is 5.92 Å². The van der Waals surface area contributed by atoms with Crippen molar-refractivity contribution in [3.05, 3.63) is 52.7 Å². The van der Waals surface area contributed by atoms with Crippen LogP contribution in [0.25, 0.3) is 0 Å². The van der Waals surface area contributed by atoms with Gasteiger partial charge in [0.2, 0.25) is 0 Å². The van der Waals surface area contributed by atoms with Crippen LogP contribution in [-0.2, 0) is 13.1 Å². The quantitative estimate of drug-likeness (QED) is 0.850. The molecule has 1 aliphatic heterocycles. The van der Waals surface area contributed by atoms with Gasteiger partial charge < -0.3 is 0 Å². The maximum absolute atomic E-state index is 12.0. The van der Waals surface area contributed by atoms with Crippen molar-refractivity contribution in [3.63, 3.8) is 0 Å². The van der Waals surface area contributed by atoms with E-state index in [1.807, 2.05) is 13.0 Å². The Bertz CT molecular complexity index is 662. The third kappa shape index (κ3) is 3.57. The van der Waals surface area contributed by atoms with Crippen molar-refractivity contribution in [2.75, 3.05) is 13.1 Å². The highest BCUT2D eigenvalue weighted by atomic mass is 16.1. The van der Waals surface area contributed by atoms with Gasteiger partial charge in [-0.2, -0.15) is 0 Å². The van der Waals surface area contributed by atoms with Crippen molar-refractivity contribution in [1.82, 2.24) is 24.4 Å². The van der Waals surface area contributed by atoms with Gasteiger partial charge in [0, 0.05) is 30.7 Å². The predicted octanol–water partition coefficient (Wildman–Crippen LogP) is 1.25. The second kappa shape index (κ2) is 6.79. The molecule has 0 saturated carbocycles. The van der Waals surface area contributed by atoms with E-state index in [4.69, 9.17) is 0 Å². The molecular formula is C16H21N5O. The highest BCUT2D eigenvalue weighted by Crippen LogP contribution is 2.19. The van der Waals surface area contributed by atoms with Gasteiger partial charge in [-0.15, -0.1) is 0 Å². The third-order valence-electron chi connectivity index (χ3n) is 4.22. The lowest BCUT2D eigenvalue weighted by atomic mass is 9.96. The summed E-state index contributed by atoms with van der Waals surface area (Å²) in [7, 11) is 0. The molecule has 116 valence electrons. The minimum absolute atomic E-state index is 0.0788. The van der Waals surface area contributed by atoms with Crippen LogP contribution in [0.3, 0.4) is 0 Å². The van der Waals surface area contributed by atoms with E-state index in [9.17, 15) is 4.79 Å². The van der Waals surface area contributed by atoms with E-state index < -0.39 is 0 Å². The molecule has 0 spiro atoms. The number of piperidine rings is 1. The summed E-state index contributed by atoms with van der Waals surface area (Å²) >= 11 is 0. The number of aryl methyl sites for hydroxylation is 1. The molecule has 1 fully saturated rings. The molecule has 1 aliphatic rings. The van der Waals surface area contributed by atoms with Gasteiger partial charge in [-0.25, -0.2) is 15.0 Å². The Hall–Kier alpha value is -2.08. The fraction of sp³-hybridized carbons (Fsp3) is 0.500. The van der Waals surface area contributed by atoms with Gasteiger partial charge in [0.05, 0.1) is 12.9 Å². The van der Waals surface area contributed by atoms with Crippen molar-refractivity contribution >= 4 is 0 Å². The maximum Gasteiger partial charge on any atom is 0.256 e. The second-order valence-corrected chi connectivity index (χ2v) is 5.92. The van der Waals surface area contributed by atoms with Crippen LogP contribution in [0.15, 0.2) is 35.8 Å². The van der Waals surface area contributed by atoms with Crippen LogP contribution in [0.2, 0.25) is 0 Å². The minimum atomic E-state index is 0.0788. The van der Waals surface area contributed by atoms with Crippen LogP contribution in [0.1, 0.15) is 24.2 Å². The highest BCUT2D eigenvalue weighted by molar-refractivity contribution is 5.00. The average molecular weight is 299 g/mol. The van der Waals surface area contributed by atoms with Crippen molar-refractivity contribution in [1.29, 1.82) is 0 Å². The topological polar surface area (TPSA) is 63.9 Å². The summed E-state index contributed by atoms with van der Waals surface area (Å²) in [6, 6.07) is 1.84. The van der Waals surface area contributed by atoms with Crippen LogP contribution in [-0.4, -0.2) is 37.5 Å². The van der Waals surface area contributed by atoms with Gasteiger partial charge in [-0.05, 0) is 44.8 Å². The Morgan fingerprint density at radius 2 is 1.95 bits per heavy atom. The van der Waals surface area contributed by atoms with Crippen molar-refractivity contribution in [3.8, 4) is 0 Å². The van der Waals surface area contributed by atoms with Crippen LogP contribution in [0.5, 0.6) is 0 Å². The normalized spacial score (nSPS) is 16.8. The number of likely N-dealkylation sites (tertiary alicyclic amines) is 1. The van der Waals surface area contributed by atoms with E-state index in [1.165, 1.54) is 0 Å². The smallest absolute Gasteiger partial charge is 0.256 e. The molecule has 2 aromatic heterocycles. The Morgan fingerprint density at radius 1 is 1.23 bits per heavy atom. The van der Waals surface area contributed by atoms with E-state index >= 15 is 0 Å². The molecule has 22 heavy (non-hydrogen) atoms. The lowest BCUT2D eigenvalue weighted by Gasteiger charge is -2.31. The summed E-state index contributed by atoms with van der Waals surface area (Å²) in [5.74, 6) is 1.41. The molecule has 0 aliphatic carbocycles. The zero-order valence-electron chi connectivity index (χ0n) is 12.9. The van der Waals surface area contributed by atoms with Gasteiger partial charge in [0.1, 0.15) is 5.82 Å². The molecule has 0 amide bonds. The molecular weight excluding hydrogens is 278 g/mol. The Labute approximate surface area is 129 Å². The molecule has 3 rings (SSSR count). The first-order chi connectivity index (χ1) is 10.7. The summed E-state index contributed by atoms with van der Waals surface area (Å²) < 4.78 is 1.75. The molecule has 0 aromatic carbocycles. The molecule has 6 nitrogen and oxygen atoms in total. The Morgan fingerprint density at radius 3 is 2.68 bits per heavy atom. The van der Waals surface area contributed by atoms with Crippen LogP contribution < -0.4 is 5.56 Å². The van der Waals surface area contributed by atoms with Gasteiger partial charge in [-0.1, -0.05) is 0 Å². The maximum atomic E-state index is 12.0. The summed E-state index contributed by atoms with van der Waals surface area (Å²) in [6.45, 7) is 5.44. The number of hydrogen-bond donors (Lipinski definition) is 0. The third-order valence-corrected chi connectivity index (χ3v) is 4.22. The minimum Gasteiger partial charge on any atom is -0.299 e. The molecule has 2 aromatic rings. The number of nitrogens with zero attached hydrogens (tertiary/aromatic N) is 5. The predicted molar refractivity (Wildman–Crippen MR) is 83.3 cm³/mol. The van der Waals surface area contributed by atoms with E-state index in [-0.39, 0.29) is 5.56 Å². The van der Waals surface area contributed by atoms with E-state index in [2.05, 4.69) is 19.9 Å². The lowest BCUT2D eigenvalue weighted by molar-refractivity contribution is 0.163. The number of hydrogen-bond acceptors (Lipinski definition) is 5. The monoisotopic (exact) mass is 299 g/mol. The molecule has 6 heteroatoms. The summed E-state index contributed by atoms with van der Waals surface area (Å²) in [6.07, 6.45) is 9.03. The first-order valence-corrected chi connectivity index (χ1v) is 7.71. The first-order valence-electron chi connectivity index (χ1n) is 7.71. The fourth-order valence-electron chi connectivity index (χ4n) is 2.91. The van der Waals surface area contributed by atoms with E-state index in [0.717, 1.165) is 44.8 Å². The molecule has 0 radical (unpaired) electrons. The number of rotatable bonds is 4. The summed E-state index contributed by atoms with van der Waals surface area (Å²) in [4.78, 5) is 27.1.